The lowest BCUT2D eigenvalue weighted by atomic mass is 10.2. The van der Waals surface area contributed by atoms with Gasteiger partial charge < -0.3 is 10.2 Å². The molecular weight excluding hydrogens is 266 g/mol. The van der Waals surface area contributed by atoms with Crippen LogP contribution in [0.15, 0.2) is 36.5 Å². The molecule has 6 heteroatoms. The van der Waals surface area contributed by atoms with Crippen LogP contribution in [-0.4, -0.2) is 28.9 Å². The summed E-state index contributed by atoms with van der Waals surface area (Å²) in [5, 5.41) is 9.53. The SMILES string of the molecule is CCN(CC)c1ccc(NC(=O)Nc2ccnn2C)cc1. The molecule has 2 aromatic rings. The van der Waals surface area contributed by atoms with Gasteiger partial charge in [0.25, 0.3) is 0 Å². The molecule has 0 aliphatic heterocycles. The van der Waals surface area contributed by atoms with E-state index in [4.69, 9.17) is 0 Å². The maximum Gasteiger partial charge on any atom is 0.324 e. The first kappa shape index (κ1) is 14.9. The van der Waals surface area contributed by atoms with Crippen molar-refractivity contribution >= 4 is 23.2 Å². The smallest absolute Gasteiger partial charge is 0.324 e. The van der Waals surface area contributed by atoms with Gasteiger partial charge >= 0.3 is 6.03 Å². The summed E-state index contributed by atoms with van der Waals surface area (Å²) in [6.45, 7) is 6.17. The number of urea groups is 1. The molecule has 0 aliphatic carbocycles. The van der Waals surface area contributed by atoms with E-state index in [1.165, 1.54) is 0 Å². The fraction of sp³-hybridized carbons (Fsp3) is 0.333. The average Bonchev–Trinajstić information content (AvgIpc) is 2.87. The van der Waals surface area contributed by atoms with Crippen molar-refractivity contribution in [3.05, 3.63) is 36.5 Å². The second kappa shape index (κ2) is 6.78. The second-order valence-corrected chi connectivity index (χ2v) is 4.64. The van der Waals surface area contributed by atoms with Crippen molar-refractivity contribution in [1.29, 1.82) is 0 Å². The predicted octanol–water partition coefficient (Wildman–Crippen LogP) is 2.91. The average molecular weight is 287 g/mol. The predicted molar refractivity (Wildman–Crippen MR) is 85.9 cm³/mol. The number of aromatic nitrogens is 2. The van der Waals surface area contributed by atoms with Gasteiger partial charge in [0.1, 0.15) is 5.82 Å². The van der Waals surface area contributed by atoms with Crippen molar-refractivity contribution in [1.82, 2.24) is 9.78 Å². The van der Waals surface area contributed by atoms with Crippen LogP contribution in [0.3, 0.4) is 0 Å². The van der Waals surface area contributed by atoms with Gasteiger partial charge in [-0.2, -0.15) is 5.10 Å². The van der Waals surface area contributed by atoms with Gasteiger partial charge in [0.15, 0.2) is 0 Å². The van der Waals surface area contributed by atoms with Crippen LogP contribution < -0.4 is 15.5 Å². The van der Waals surface area contributed by atoms with E-state index in [1.54, 1.807) is 24.0 Å². The van der Waals surface area contributed by atoms with Crippen LogP contribution in [0.4, 0.5) is 22.0 Å². The van der Waals surface area contributed by atoms with Crippen LogP contribution in [0.1, 0.15) is 13.8 Å². The van der Waals surface area contributed by atoms with Gasteiger partial charge in [-0.25, -0.2) is 4.79 Å². The maximum atomic E-state index is 11.9. The summed E-state index contributed by atoms with van der Waals surface area (Å²) in [6, 6.07) is 9.27. The van der Waals surface area contributed by atoms with E-state index in [1.807, 2.05) is 24.3 Å². The van der Waals surface area contributed by atoms with Gasteiger partial charge in [-0.1, -0.05) is 0 Å². The van der Waals surface area contributed by atoms with Crippen LogP contribution >= 0.6 is 0 Å². The molecule has 0 aliphatic rings. The minimum absolute atomic E-state index is 0.283. The molecule has 21 heavy (non-hydrogen) atoms. The Morgan fingerprint density at radius 1 is 1.14 bits per heavy atom. The summed E-state index contributed by atoms with van der Waals surface area (Å²) < 4.78 is 1.60. The number of amides is 2. The van der Waals surface area contributed by atoms with Crippen molar-refractivity contribution in [3.8, 4) is 0 Å². The first-order valence-corrected chi connectivity index (χ1v) is 7.05. The summed E-state index contributed by atoms with van der Waals surface area (Å²) in [6.07, 6.45) is 1.63. The van der Waals surface area contributed by atoms with Crippen LogP contribution in [0.25, 0.3) is 0 Å². The van der Waals surface area contributed by atoms with E-state index in [9.17, 15) is 4.79 Å². The van der Waals surface area contributed by atoms with Crippen molar-refractivity contribution in [2.45, 2.75) is 13.8 Å². The number of hydrogen-bond donors (Lipinski definition) is 2. The number of benzene rings is 1. The number of rotatable bonds is 5. The molecule has 112 valence electrons. The summed E-state index contributed by atoms with van der Waals surface area (Å²) >= 11 is 0. The molecule has 6 nitrogen and oxygen atoms in total. The molecular formula is C15H21N5O. The van der Waals surface area contributed by atoms with Gasteiger partial charge in [-0.3, -0.25) is 10.00 Å². The Morgan fingerprint density at radius 2 is 1.81 bits per heavy atom. The highest BCUT2D eigenvalue weighted by atomic mass is 16.2. The van der Waals surface area contributed by atoms with Gasteiger partial charge in [0.2, 0.25) is 0 Å². The van der Waals surface area contributed by atoms with Crippen molar-refractivity contribution < 1.29 is 4.79 Å². The van der Waals surface area contributed by atoms with Gasteiger partial charge in [-0.15, -0.1) is 0 Å². The Bertz CT molecular complexity index is 586. The third-order valence-corrected chi connectivity index (χ3v) is 3.32. The van der Waals surface area contributed by atoms with E-state index in [0.29, 0.717) is 5.82 Å². The second-order valence-electron chi connectivity index (χ2n) is 4.64. The largest absolute Gasteiger partial charge is 0.372 e. The zero-order valence-electron chi connectivity index (χ0n) is 12.6. The van der Waals surface area contributed by atoms with Gasteiger partial charge in [0.05, 0.1) is 6.20 Å². The number of nitrogens with zero attached hydrogens (tertiary/aromatic N) is 3. The van der Waals surface area contributed by atoms with E-state index in [-0.39, 0.29) is 6.03 Å². The summed E-state index contributed by atoms with van der Waals surface area (Å²) in [4.78, 5) is 14.1. The van der Waals surface area contributed by atoms with Crippen molar-refractivity contribution in [2.75, 3.05) is 28.6 Å². The molecule has 0 atom stereocenters. The Balaban J connectivity index is 1.97. The number of anilines is 3. The Labute approximate surface area is 124 Å². The van der Waals surface area contributed by atoms with Crippen LogP contribution in [0, 0.1) is 0 Å². The quantitative estimate of drug-likeness (QED) is 0.889. The molecule has 2 amide bonds. The summed E-state index contributed by atoms with van der Waals surface area (Å²) in [5.41, 5.74) is 1.91. The number of hydrogen-bond acceptors (Lipinski definition) is 3. The Hall–Kier alpha value is -2.50. The normalized spacial score (nSPS) is 10.2. The zero-order valence-corrected chi connectivity index (χ0v) is 12.6. The standard InChI is InChI=1S/C15H21N5O/c1-4-20(5-2)13-8-6-12(7-9-13)17-15(21)18-14-10-11-16-19(14)3/h6-11H,4-5H2,1-3H3,(H2,17,18,21). The zero-order chi connectivity index (χ0) is 15.2. The van der Waals surface area contributed by atoms with Crippen LogP contribution in [0.5, 0.6) is 0 Å². The number of carbonyl (C=O) groups is 1. The lowest BCUT2D eigenvalue weighted by Crippen LogP contribution is -2.22. The molecule has 1 heterocycles. The summed E-state index contributed by atoms with van der Waals surface area (Å²) in [5.74, 6) is 0.646. The van der Waals surface area contributed by atoms with E-state index >= 15 is 0 Å². The highest BCUT2D eigenvalue weighted by Gasteiger charge is 2.06. The lowest BCUT2D eigenvalue weighted by Gasteiger charge is -2.21. The highest BCUT2D eigenvalue weighted by molar-refractivity contribution is 5.99. The Morgan fingerprint density at radius 3 is 2.33 bits per heavy atom. The molecule has 0 bridgehead atoms. The monoisotopic (exact) mass is 287 g/mol. The third kappa shape index (κ3) is 3.75. The molecule has 2 N–H and O–H groups in total. The van der Waals surface area contributed by atoms with Crippen LogP contribution in [-0.2, 0) is 7.05 Å². The fourth-order valence-corrected chi connectivity index (χ4v) is 2.12. The molecule has 0 saturated carbocycles. The van der Waals surface area contributed by atoms with Crippen molar-refractivity contribution in [2.24, 2.45) is 7.05 Å². The molecule has 0 saturated heterocycles. The van der Waals surface area contributed by atoms with Gasteiger partial charge in [-0.05, 0) is 38.1 Å². The van der Waals surface area contributed by atoms with Crippen molar-refractivity contribution in [3.63, 3.8) is 0 Å². The molecule has 0 fully saturated rings. The van der Waals surface area contributed by atoms with E-state index in [2.05, 4.69) is 34.5 Å². The maximum absolute atomic E-state index is 11.9. The molecule has 0 spiro atoms. The number of nitrogens with one attached hydrogen (secondary N) is 2. The third-order valence-electron chi connectivity index (χ3n) is 3.32. The first-order chi connectivity index (χ1) is 10.1. The van der Waals surface area contributed by atoms with E-state index in [0.717, 1.165) is 24.5 Å². The lowest BCUT2D eigenvalue weighted by molar-refractivity contribution is 0.262. The number of aryl methyl sites for hydroxylation is 1. The Kier molecular flexibility index (Phi) is 4.81. The molecule has 0 unspecified atom stereocenters. The topological polar surface area (TPSA) is 62.2 Å². The summed E-state index contributed by atoms with van der Waals surface area (Å²) in [7, 11) is 1.77. The van der Waals surface area contributed by atoms with Crippen LogP contribution in [0.2, 0.25) is 0 Å². The minimum atomic E-state index is -0.283. The number of carbonyl (C=O) groups excluding carboxylic acids is 1. The van der Waals surface area contributed by atoms with Gasteiger partial charge in [0, 0.05) is 37.6 Å². The highest BCUT2D eigenvalue weighted by Crippen LogP contribution is 2.17. The fourth-order valence-electron chi connectivity index (χ4n) is 2.12. The molecule has 1 aromatic heterocycles. The first-order valence-electron chi connectivity index (χ1n) is 7.05. The van der Waals surface area contributed by atoms with E-state index < -0.39 is 0 Å². The molecule has 2 rings (SSSR count). The molecule has 1 aromatic carbocycles. The molecule has 0 radical (unpaired) electrons. The minimum Gasteiger partial charge on any atom is -0.372 e.